The molecule has 1 aromatic heterocycles. The standard InChI is InChI=1S/C13H25N5/c1-5-6-7-18(4)12-8-11(16-10-17-12)15-9-13(2,3)14/h8,10H,5-7,9,14H2,1-4H3,(H,15,16,17). The number of hydrogen-bond donors (Lipinski definition) is 2. The first-order chi connectivity index (χ1) is 8.42. The average Bonchev–Trinajstić information content (AvgIpc) is 2.33. The third-order valence-electron chi connectivity index (χ3n) is 2.62. The van der Waals surface area contributed by atoms with Crippen LogP contribution in [0.1, 0.15) is 33.6 Å². The minimum Gasteiger partial charge on any atom is -0.368 e. The lowest BCUT2D eigenvalue weighted by atomic mass is 10.1. The Morgan fingerprint density at radius 2 is 2.11 bits per heavy atom. The Labute approximate surface area is 110 Å². The number of rotatable bonds is 7. The molecule has 0 aliphatic carbocycles. The molecular formula is C13H25N5. The number of hydrogen-bond acceptors (Lipinski definition) is 5. The maximum absolute atomic E-state index is 5.93. The first-order valence-electron chi connectivity index (χ1n) is 6.48. The normalized spacial score (nSPS) is 11.4. The van der Waals surface area contributed by atoms with Crippen LogP contribution in [0.25, 0.3) is 0 Å². The second-order valence-electron chi connectivity index (χ2n) is 5.38. The van der Waals surface area contributed by atoms with Crippen molar-refractivity contribution in [3.63, 3.8) is 0 Å². The Morgan fingerprint density at radius 1 is 1.39 bits per heavy atom. The van der Waals surface area contributed by atoms with Gasteiger partial charge in [-0.2, -0.15) is 0 Å². The van der Waals surface area contributed by atoms with Crippen molar-refractivity contribution in [2.75, 3.05) is 30.4 Å². The van der Waals surface area contributed by atoms with Crippen LogP contribution in [0.5, 0.6) is 0 Å². The van der Waals surface area contributed by atoms with E-state index in [1.165, 1.54) is 12.8 Å². The molecule has 1 aromatic rings. The van der Waals surface area contributed by atoms with E-state index in [4.69, 9.17) is 5.73 Å². The zero-order valence-corrected chi connectivity index (χ0v) is 11.9. The third-order valence-corrected chi connectivity index (χ3v) is 2.62. The summed E-state index contributed by atoms with van der Waals surface area (Å²) in [6, 6.07) is 1.96. The predicted molar refractivity (Wildman–Crippen MR) is 77.0 cm³/mol. The second-order valence-corrected chi connectivity index (χ2v) is 5.38. The maximum atomic E-state index is 5.93. The summed E-state index contributed by atoms with van der Waals surface area (Å²) < 4.78 is 0. The molecule has 0 aromatic carbocycles. The summed E-state index contributed by atoms with van der Waals surface area (Å²) >= 11 is 0. The molecule has 18 heavy (non-hydrogen) atoms. The average molecular weight is 251 g/mol. The van der Waals surface area contributed by atoms with E-state index in [9.17, 15) is 0 Å². The maximum Gasteiger partial charge on any atom is 0.133 e. The van der Waals surface area contributed by atoms with Gasteiger partial charge in [0.25, 0.3) is 0 Å². The molecule has 0 saturated heterocycles. The van der Waals surface area contributed by atoms with Gasteiger partial charge in [0, 0.05) is 31.7 Å². The van der Waals surface area contributed by atoms with E-state index in [-0.39, 0.29) is 5.54 Å². The minimum atomic E-state index is -0.251. The highest BCUT2D eigenvalue weighted by Crippen LogP contribution is 2.13. The molecule has 102 valence electrons. The monoisotopic (exact) mass is 251 g/mol. The van der Waals surface area contributed by atoms with Crippen molar-refractivity contribution >= 4 is 11.6 Å². The largest absolute Gasteiger partial charge is 0.368 e. The Bertz CT molecular complexity index is 359. The van der Waals surface area contributed by atoms with Crippen LogP contribution in [-0.4, -0.2) is 35.6 Å². The molecule has 0 unspecified atom stereocenters. The van der Waals surface area contributed by atoms with Crippen LogP contribution in [0, 0.1) is 0 Å². The van der Waals surface area contributed by atoms with Gasteiger partial charge in [-0.3, -0.25) is 0 Å². The van der Waals surface area contributed by atoms with E-state index in [0.717, 1.165) is 18.2 Å². The Morgan fingerprint density at radius 3 is 2.72 bits per heavy atom. The Hall–Kier alpha value is -1.36. The van der Waals surface area contributed by atoms with Crippen LogP contribution in [0.15, 0.2) is 12.4 Å². The van der Waals surface area contributed by atoms with Crippen molar-refractivity contribution in [2.24, 2.45) is 5.73 Å². The number of nitrogens with zero attached hydrogens (tertiary/aromatic N) is 3. The van der Waals surface area contributed by atoms with Gasteiger partial charge in [-0.15, -0.1) is 0 Å². The summed E-state index contributed by atoms with van der Waals surface area (Å²) in [5.41, 5.74) is 5.68. The van der Waals surface area contributed by atoms with Crippen molar-refractivity contribution in [2.45, 2.75) is 39.2 Å². The molecule has 0 spiro atoms. The van der Waals surface area contributed by atoms with Gasteiger partial charge in [0.05, 0.1) is 0 Å². The number of anilines is 2. The fraction of sp³-hybridized carbons (Fsp3) is 0.692. The lowest BCUT2D eigenvalue weighted by Gasteiger charge is -2.21. The molecule has 5 heteroatoms. The highest BCUT2D eigenvalue weighted by atomic mass is 15.2. The fourth-order valence-corrected chi connectivity index (χ4v) is 1.48. The lowest BCUT2D eigenvalue weighted by Crippen LogP contribution is -2.39. The molecule has 0 radical (unpaired) electrons. The topological polar surface area (TPSA) is 67.1 Å². The fourth-order valence-electron chi connectivity index (χ4n) is 1.48. The third kappa shape index (κ3) is 5.31. The highest BCUT2D eigenvalue weighted by Gasteiger charge is 2.11. The van der Waals surface area contributed by atoms with Crippen LogP contribution in [0.3, 0.4) is 0 Å². The van der Waals surface area contributed by atoms with Gasteiger partial charge in [-0.05, 0) is 20.3 Å². The lowest BCUT2D eigenvalue weighted by molar-refractivity contribution is 0.548. The van der Waals surface area contributed by atoms with E-state index in [1.54, 1.807) is 6.33 Å². The summed E-state index contributed by atoms with van der Waals surface area (Å²) in [6.07, 6.45) is 3.94. The zero-order chi connectivity index (χ0) is 13.6. The van der Waals surface area contributed by atoms with Crippen LogP contribution < -0.4 is 16.0 Å². The van der Waals surface area contributed by atoms with Crippen LogP contribution in [0.4, 0.5) is 11.6 Å². The van der Waals surface area contributed by atoms with Gasteiger partial charge in [-0.25, -0.2) is 9.97 Å². The van der Waals surface area contributed by atoms with Crippen LogP contribution >= 0.6 is 0 Å². The van der Waals surface area contributed by atoms with Crippen LogP contribution in [0.2, 0.25) is 0 Å². The van der Waals surface area contributed by atoms with Crippen molar-refractivity contribution in [1.82, 2.24) is 9.97 Å². The number of unbranched alkanes of at least 4 members (excludes halogenated alkanes) is 1. The van der Waals surface area contributed by atoms with Crippen molar-refractivity contribution in [3.05, 3.63) is 12.4 Å². The van der Waals surface area contributed by atoms with Gasteiger partial charge >= 0.3 is 0 Å². The minimum absolute atomic E-state index is 0.251. The number of nitrogens with one attached hydrogen (secondary N) is 1. The number of nitrogens with two attached hydrogens (primary N) is 1. The van der Waals surface area contributed by atoms with E-state index in [1.807, 2.05) is 19.9 Å². The van der Waals surface area contributed by atoms with Gasteiger partial charge < -0.3 is 16.0 Å². The Balaban J connectivity index is 2.61. The van der Waals surface area contributed by atoms with Gasteiger partial charge in [0.1, 0.15) is 18.0 Å². The molecule has 0 saturated carbocycles. The molecule has 0 fully saturated rings. The molecule has 0 atom stereocenters. The van der Waals surface area contributed by atoms with E-state index in [2.05, 4.69) is 34.2 Å². The second kappa shape index (κ2) is 6.54. The predicted octanol–water partition coefficient (Wildman–Crippen LogP) is 1.86. The Kier molecular flexibility index (Phi) is 5.34. The molecule has 0 amide bonds. The number of aromatic nitrogens is 2. The van der Waals surface area contributed by atoms with Crippen molar-refractivity contribution in [3.8, 4) is 0 Å². The van der Waals surface area contributed by atoms with E-state index < -0.39 is 0 Å². The van der Waals surface area contributed by atoms with Gasteiger partial charge in [0.2, 0.25) is 0 Å². The summed E-state index contributed by atoms with van der Waals surface area (Å²) in [5.74, 6) is 1.76. The first-order valence-corrected chi connectivity index (χ1v) is 6.48. The zero-order valence-electron chi connectivity index (χ0n) is 11.9. The first kappa shape index (κ1) is 14.7. The van der Waals surface area contributed by atoms with E-state index >= 15 is 0 Å². The molecule has 0 aliphatic rings. The molecular weight excluding hydrogens is 226 g/mol. The summed E-state index contributed by atoms with van der Waals surface area (Å²) in [7, 11) is 2.05. The quantitative estimate of drug-likeness (QED) is 0.774. The summed E-state index contributed by atoms with van der Waals surface area (Å²) in [5, 5.41) is 3.23. The van der Waals surface area contributed by atoms with Gasteiger partial charge in [0.15, 0.2) is 0 Å². The molecule has 1 rings (SSSR count). The molecule has 1 heterocycles. The molecule has 0 bridgehead atoms. The summed E-state index contributed by atoms with van der Waals surface area (Å²) in [6.45, 7) is 7.84. The molecule has 3 N–H and O–H groups in total. The molecule has 0 aliphatic heterocycles. The van der Waals surface area contributed by atoms with E-state index in [0.29, 0.717) is 6.54 Å². The van der Waals surface area contributed by atoms with Crippen LogP contribution in [-0.2, 0) is 0 Å². The highest BCUT2D eigenvalue weighted by molar-refractivity contribution is 5.48. The molecule has 5 nitrogen and oxygen atoms in total. The summed E-state index contributed by atoms with van der Waals surface area (Å²) in [4.78, 5) is 10.6. The van der Waals surface area contributed by atoms with Crippen molar-refractivity contribution < 1.29 is 0 Å². The van der Waals surface area contributed by atoms with Gasteiger partial charge in [-0.1, -0.05) is 13.3 Å². The SMILES string of the molecule is CCCCN(C)c1cc(NCC(C)(C)N)ncn1. The smallest absolute Gasteiger partial charge is 0.133 e. The van der Waals surface area contributed by atoms with Crippen molar-refractivity contribution in [1.29, 1.82) is 0 Å².